The van der Waals surface area contributed by atoms with Crippen LogP contribution in [0, 0.1) is 34.5 Å². The number of allylic oxidation sites excluding steroid dienone is 1. The zero-order chi connectivity index (χ0) is 18.7. The number of hydrogen-bond donors (Lipinski definition) is 0. The first-order valence-electron chi connectivity index (χ1n) is 10.6. The van der Waals surface area contributed by atoms with E-state index in [4.69, 9.17) is 4.74 Å². The van der Waals surface area contributed by atoms with Crippen molar-refractivity contribution in [2.75, 3.05) is 0 Å². The van der Waals surface area contributed by atoms with Crippen molar-refractivity contribution < 1.29 is 14.3 Å². The van der Waals surface area contributed by atoms with E-state index in [1.54, 1.807) is 6.92 Å². The van der Waals surface area contributed by atoms with Gasteiger partial charge in [0, 0.05) is 11.8 Å². The molecule has 3 nitrogen and oxygen atoms in total. The van der Waals surface area contributed by atoms with Gasteiger partial charge in [-0.15, -0.1) is 0 Å². The van der Waals surface area contributed by atoms with Gasteiger partial charge in [-0.05, 0) is 81.1 Å². The lowest BCUT2D eigenvalue weighted by Gasteiger charge is -2.59. The highest BCUT2D eigenvalue weighted by Crippen LogP contribution is 2.77. The fraction of sp³-hybridized carbons (Fsp3) is 0.826. The van der Waals surface area contributed by atoms with Crippen LogP contribution in [0.4, 0.5) is 0 Å². The molecule has 0 aromatic heterocycles. The molecule has 0 radical (unpaired) electrons. The van der Waals surface area contributed by atoms with Gasteiger partial charge in [0.05, 0.1) is 0 Å². The molecule has 8 atom stereocenters. The molecule has 1 aliphatic heterocycles. The first-order chi connectivity index (χ1) is 12.1. The molecule has 0 bridgehead atoms. The van der Waals surface area contributed by atoms with Gasteiger partial charge in [0.25, 0.3) is 0 Å². The van der Waals surface area contributed by atoms with Gasteiger partial charge < -0.3 is 4.74 Å². The summed E-state index contributed by atoms with van der Waals surface area (Å²) in [4.78, 5) is 24.7. The number of ketones is 2. The smallest absolute Gasteiger partial charge is 0.165 e. The third-order valence-electron chi connectivity index (χ3n) is 9.66. The summed E-state index contributed by atoms with van der Waals surface area (Å²) in [5, 5.41) is 0. The van der Waals surface area contributed by atoms with Crippen molar-refractivity contribution in [3.05, 3.63) is 11.6 Å². The molecule has 1 heterocycles. The Hall–Kier alpha value is -0.960. The molecule has 0 aromatic rings. The van der Waals surface area contributed by atoms with Gasteiger partial charge in [-0.25, -0.2) is 0 Å². The number of fused-ring (bicyclic) bond motifs is 7. The van der Waals surface area contributed by atoms with E-state index >= 15 is 0 Å². The molecule has 3 saturated carbocycles. The molecule has 5 rings (SSSR count). The van der Waals surface area contributed by atoms with Gasteiger partial charge in [0.1, 0.15) is 5.60 Å². The maximum Gasteiger partial charge on any atom is 0.165 e. The number of hydrogen-bond acceptors (Lipinski definition) is 3. The zero-order valence-corrected chi connectivity index (χ0v) is 16.9. The number of rotatable bonds is 1. The van der Waals surface area contributed by atoms with Crippen molar-refractivity contribution in [1.29, 1.82) is 0 Å². The van der Waals surface area contributed by atoms with Crippen molar-refractivity contribution in [2.24, 2.45) is 34.5 Å². The normalized spacial score (nSPS) is 57.4. The van der Waals surface area contributed by atoms with Crippen LogP contribution in [0.1, 0.15) is 73.1 Å². The first kappa shape index (κ1) is 17.2. The second-order valence-electron chi connectivity index (χ2n) is 10.7. The Morgan fingerprint density at radius 1 is 1.19 bits per heavy atom. The Morgan fingerprint density at radius 3 is 2.62 bits per heavy atom. The maximum absolute atomic E-state index is 12.7. The van der Waals surface area contributed by atoms with Crippen molar-refractivity contribution in [3.63, 3.8) is 0 Å². The SMILES string of the molecule is CC(=O)[C@@]12O[C@]1(C)C[C@@H]1[C@@H]3C[C@H](C)C4=CC(=O)CC[C@]4(C)[C@H]3CC[C@]12C. The van der Waals surface area contributed by atoms with Crippen LogP contribution in [0.2, 0.25) is 0 Å². The van der Waals surface area contributed by atoms with E-state index in [2.05, 4.69) is 27.7 Å². The van der Waals surface area contributed by atoms with E-state index in [1.165, 1.54) is 18.4 Å². The summed E-state index contributed by atoms with van der Waals surface area (Å²) in [6.07, 6.45) is 8.16. The van der Waals surface area contributed by atoms with Gasteiger partial charge in [0.2, 0.25) is 0 Å². The summed E-state index contributed by atoms with van der Waals surface area (Å²) in [6.45, 7) is 11.0. The third kappa shape index (κ3) is 1.66. The summed E-state index contributed by atoms with van der Waals surface area (Å²) >= 11 is 0. The Morgan fingerprint density at radius 2 is 1.92 bits per heavy atom. The van der Waals surface area contributed by atoms with Gasteiger partial charge in [0.15, 0.2) is 17.2 Å². The van der Waals surface area contributed by atoms with Crippen LogP contribution >= 0.6 is 0 Å². The molecular weight excluding hydrogens is 324 g/mol. The summed E-state index contributed by atoms with van der Waals surface area (Å²) in [5.41, 5.74) is 0.811. The Balaban J connectivity index is 1.56. The molecule has 0 N–H and O–H groups in total. The molecule has 1 saturated heterocycles. The monoisotopic (exact) mass is 356 g/mol. The maximum atomic E-state index is 12.7. The Kier molecular flexibility index (Phi) is 3.11. The predicted octanol–water partition coefficient (Wildman–Crippen LogP) is 4.49. The number of Topliss-reactive ketones (excluding diaryl/α,β-unsaturated/α-hetero) is 1. The molecule has 4 fully saturated rings. The van der Waals surface area contributed by atoms with Crippen LogP contribution in [0.5, 0.6) is 0 Å². The minimum Gasteiger partial charge on any atom is -0.354 e. The average molecular weight is 357 g/mol. The average Bonchev–Trinajstić information content (AvgIpc) is 3.14. The van der Waals surface area contributed by atoms with E-state index in [-0.39, 0.29) is 22.2 Å². The highest BCUT2D eigenvalue weighted by Gasteiger charge is 2.85. The lowest BCUT2D eigenvalue weighted by atomic mass is 9.45. The number of carbonyl (C=O) groups is 2. The van der Waals surface area contributed by atoms with Crippen LogP contribution in [-0.4, -0.2) is 22.8 Å². The van der Waals surface area contributed by atoms with Gasteiger partial charge in [-0.3, -0.25) is 9.59 Å². The summed E-state index contributed by atoms with van der Waals surface area (Å²) in [6, 6.07) is 0. The summed E-state index contributed by atoms with van der Waals surface area (Å²) < 4.78 is 6.21. The Labute approximate surface area is 156 Å². The lowest BCUT2D eigenvalue weighted by Crippen LogP contribution is -2.55. The minimum atomic E-state index is -0.529. The summed E-state index contributed by atoms with van der Waals surface area (Å²) in [5.74, 6) is 2.92. The molecular formula is C23H32O3. The molecule has 0 amide bonds. The van der Waals surface area contributed by atoms with E-state index in [0.717, 1.165) is 19.3 Å². The molecule has 4 aliphatic carbocycles. The molecule has 0 unspecified atom stereocenters. The largest absolute Gasteiger partial charge is 0.354 e. The minimum absolute atomic E-state index is 0.0173. The van der Waals surface area contributed by atoms with Crippen molar-refractivity contribution in [2.45, 2.75) is 84.3 Å². The standard InChI is InChI=1S/C23H32O3/c1-13-10-16-17(20(3)8-6-15(25)11-18(13)20)7-9-21(4)19(16)12-22(5)23(21,26-22)14(2)24/h11,13,16-17,19H,6-10,12H2,1-5H3/t13-,16+,17-,19+,20+,21+,22+,23-/m0/s1. The van der Waals surface area contributed by atoms with E-state index in [0.29, 0.717) is 35.9 Å². The third-order valence-corrected chi connectivity index (χ3v) is 9.66. The topological polar surface area (TPSA) is 46.7 Å². The van der Waals surface area contributed by atoms with Crippen LogP contribution < -0.4 is 0 Å². The van der Waals surface area contributed by atoms with Crippen molar-refractivity contribution in [1.82, 2.24) is 0 Å². The molecule has 0 spiro atoms. The number of carbonyl (C=O) groups excluding carboxylic acids is 2. The molecule has 142 valence electrons. The highest BCUT2D eigenvalue weighted by molar-refractivity contribution is 5.92. The first-order valence-corrected chi connectivity index (χ1v) is 10.6. The fourth-order valence-corrected chi connectivity index (χ4v) is 8.60. The van der Waals surface area contributed by atoms with Crippen LogP contribution in [-0.2, 0) is 14.3 Å². The van der Waals surface area contributed by atoms with Gasteiger partial charge in [-0.1, -0.05) is 26.3 Å². The van der Waals surface area contributed by atoms with E-state index < -0.39 is 5.60 Å². The predicted molar refractivity (Wildman–Crippen MR) is 99.5 cm³/mol. The lowest BCUT2D eigenvalue weighted by molar-refractivity contribution is -0.138. The molecule has 3 heteroatoms. The fourth-order valence-electron chi connectivity index (χ4n) is 8.60. The van der Waals surface area contributed by atoms with Crippen molar-refractivity contribution >= 4 is 11.6 Å². The molecule has 5 aliphatic rings. The van der Waals surface area contributed by atoms with Crippen LogP contribution in [0.25, 0.3) is 0 Å². The Bertz CT molecular complexity index is 753. The molecule has 26 heavy (non-hydrogen) atoms. The number of epoxide rings is 1. The van der Waals surface area contributed by atoms with Gasteiger partial charge in [-0.2, -0.15) is 0 Å². The van der Waals surface area contributed by atoms with Gasteiger partial charge >= 0.3 is 0 Å². The highest BCUT2D eigenvalue weighted by atomic mass is 16.6. The van der Waals surface area contributed by atoms with Crippen LogP contribution in [0.3, 0.4) is 0 Å². The van der Waals surface area contributed by atoms with E-state index in [1.807, 2.05) is 6.08 Å². The summed E-state index contributed by atoms with van der Waals surface area (Å²) in [7, 11) is 0. The second-order valence-corrected chi connectivity index (χ2v) is 10.7. The molecule has 0 aromatic carbocycles. The zero-order valence-electron chi connectivity index (χ0n) is 16.9. The van der Waals surface area contributed by atoms with Crippen LogP contribution in [0.15, 0.2) is 11.6 Å². The van der Waals surface area contributed by atoms with Crippen molar-refractivity contribution in [3.8, 4) is 0 Å². The quantitative estimate of drug-likeness (QED) is 0.650. The second kappa shape index (κ2) is 4.71. The number of ether oxygens (including phenoxy) is 1. The van der Waals surface area contributed by atoms with E-state index in [9.17, 15) is 9.59 Å².